The average Bonchev–Trinajstić information content (AvgIpc) is 1.65. The fourth-order valence-corrected chi connectivity index (χ4v) is 0. The minimum absolute atomic E-state index is 0.319. The summed E-state index contributed by atoms with van der Waals surface area (Å²) < 4.78 is 0. The molecular formula is C5H13NO2. The van der Waals surface area contributed by atoms with Gasteiger partial charge in [0.2, 0.25) is 5.91 Å². The highest BCUT2D eigenvalue weighted by atomic mass is 16.2. The zero-order valence-electron chi connectivity index (χ0n) is 5.35. The Morgan fingerprint density at radius 3 is 1.88 bits per heavy atom. The van der Waals surface area contributed by atoms with Crippen molar-refractivity contribution in [2.75, 3.05) is 6.61 Å². The highest BCUT2D eigenvalue weighted by Crippen LogP contribution is 1.61. The first kappa shape index (κ1) is 10.4. The molecule has 0 aromatic heterocycles. The number of rotatable bonds is 1. The van der Waals surface area contributed by atoms with Crippen molar-refractivity contribution in [3.05, 3.63) is 0 Å². The van der Waals surface area contributed by atoms with E-state index in [4.69, 9.17) is 5.11 Å². The monoisotopic (exact) mass is 119 g/mol. The molecule has 8 heavy (non-hydrogen) atoms. The first-order valence-electron chi connectivity index (χ1n) is 2.52. The van der Waals surface area contributed by atoms with E-state index in [0.717, 1.165) is 6.42 Å². The number of amides is 1. The number of carbonyl (C=O) groups is 1. The molecule has 0 heterocycles. The van der Waals surface area contributed by atoms with Crippen molar-refractivity contribution in [2.24, 2.45) is 5.73 Å². The van der Waals surface area contributed by atoms with Gasteiger partial charge in [0.1, 0.15) is 0 Å². The number of aliphatic hydroxyl groups is 1. The molecule has 0 aromatic carbocycles. The molecule has 0 saturated carbocycles. The second kappa shape index (κ2) is 9.66. The Morgan fingerprint density at radius 2 is 1.88 bits per heavy atom. The van der Waals surface area contributed by atoms with Crippen molar-refractivity contribution in [3.63, 3.8) is 0 Å². The van der Waals surface area contributed by atoms with E-state index < -0.39 is 0 Å². The van der Waals surface area contributed by atoms with Crippen molar-refractivity contribution < 1.29 is 9.90 Å². The lowest BCUT2D eigenvalue weighted by atomic mass is 10.5. The zero-order valence-corrected chi connectivity index (χ0v) is 5.35. The minimum atomic E-state index is -0.333. The van der Waals surface area contributed by atoms with Gasteiger partial charge in [0, 0.05) is 13.5 Å². The maximum Gasteiger partial charge on any atom is 0.214 e. The second-order valence-corrected chi connectivity index (χ2v) is 1.33. The van der Waals surface area contributed by atoms with Crippen LogP contribution in [0.4, 0.5) is 0 Å². The van der Waals surface area contributed by atoms with E-state index in [1.165, 1.54) is 6.92 Å². The highest BCUT2D eigenvalue weighted by Gasteiger charge is 1.61. The lowest BCUT2D eigenvalue weighted by Crippen LogP contribution is -2.01. The predicted octanol–water partition coefficient (Wildman–Crippen LogP) is -0.120. The van der Waals surface area contributed by atoms with Gasteiger partial charge in [0.05, 0.1) is 0 Å². The van der Waals surface area contributed by atoms with E-state index in [1.54, 1.807) is 0 Å². The van der Waals surface area contributed by atoms with Gasteiger partial charge in [0.25, 0.3) is 0 Å². The van der Waals surface area contributed by atoms with E-state index in [-0.39, 0.29) is 5.91 Å². The van der Waals surface area contributed by atoms with Gasteiger partial charge in [-0.05, 0) is 6.42 Å². The van der Waals surface area contributed by atoms with Gasteiger partial charge in [-0.3, -0.25) is 4.79 Å². The summed E-state index contributed by atoms with van der Waals surface area (Å²) in [5.74, 6) is -0.333. The van der Waals surface area contributed by atoms with Crippen molar-refractivity contribution in [1.29, 1.82) is 0 Å². The Balaban J connectivity index is 0. The molecule has 1 amide bonds. The molecule has 50 valence electrons. The summed E-state index contributed by atoms with van der Waals surface area (Å²) in [5.41, 5.74) is 4.47. The molecule has 0 aliphatic heterocycles. The van der Waals surface area contributed by atoms with Crippen LogP contribution in [0.5, 0.6) is 0 Å². The van der Waals surface area contributed by atoms with Crippen LogP contribution in [0.15, 0.2) is 0 Å². The van der Waals surface area contributed by atoms with Crippen LogP contribution in [0, 0.1) is 0 Å². The largest absolute Gasteiger partial charge is 0.396 e. The Labute approximate surface area is 49.5 Å². The zero-order chi connectivity index (χ0) is 6.99. The molecule has 0 aliphatic rings. The van der Waals surface area contributed by atoms with Crippen LogP contribution in [-0.4, -0.2) is 17.6 Å². The summed E-state index contributed by atoms with van der Waals surface area (Å²) in [4.78, 5) is 9.22. The van der Waals surface area contributed by atoms with Crippen molar-refractivity contribution in [2.45, 2.75) is 20.3 Å². The molecule has 0 bridgehead atoms. The van der Waals surface area contributed by atoms with Crippen LogP contribution in [0.1, 0.15) is 20.3 Å². The molecule has 3 heteroatoms. The smallest absolute Gasteiger partial charge is 0.214 e. The van der Waals surface area contributed by atoms with Gasteiger partial charge in [0.15, 0.2) is 0 Å². The fraction of sp³-hybridized carbons (Fsp3) is 0.800. The van der Waals surface area contributed by atoms with E-state index in [2.05, 4.69) is 5.73 Å². The highest BCUT2D eigenvalue weighted by molar-refractivity contribution is 5.70. The summed E-state index contributed by atoms with van der Waals surface area (Å²) in [6.07, 6.45) is 0.875. The molecule has 0 fully saturated rings. The lowest BCUT2D eigenvalue weighted by molar-refractivity contribution is -0.115. The Kier molecular flexibility index (Phi) is 12.6. The molecule has 0 radical (unpaired) electrons. The van der Waals surface area contributed by atoms with Crippen LogP contribution < -0.4 is 5.73 Å². The van der Waals surface area contributed by atoms with Crippen LogP contribution in [0.2, 0.25) is 0 Å². The topological polar surface area (TPSA) is 63.3 Å². The molecule has 3 N–H and O–H groups in total. The SMILES string of the molecule is CC(N)=O.CCCO. The number of primary amides is 1. The van der Waals surface area contributed by atoms with Gasteiger partial charge < -0.3 is 10.8 Å². The van der Waals surface area contributed by atoms with Gasteiger partial charge in [-0.15, -0.1) is 0 Å². The molecule has 0 aliphatic carbocycles. The van der Waals surface area contributed by atoms with E-state index in [1.807, 2.05) is 6.92 Å². The third-order valence-corrected chi connectivity index (χ3v) is 0.224. The standard InChI is InChI=1S/C3H8O.C2H5NO/c1-2-3-4;1-2(3)4/h4H,2-3H2,1H3;1H3,(H2,3,4). The summed E-state index contributed by atoms with van der Waals surface area (Å²) in [7, 11) is 0. The first-order valence-corrected chi connectivity index (χ1v) is 2.52. The third kappa shape index (κ3) is 576. The Hall–Kier alpha value is -0.570. The fourth-order valence-electron chi connectivity index (χ4n) is 0. The number of hydrogen-bond donors (Lipinski definition) is 2. The molecule has 0 atom stereocenters. The van der Waals surface area contributed by atoms with Gasteiger partial charge in [-0.1, -0.05) is 6.92 Å². The molecular weight excluding hydrogens is 106 g/mol. The molecule has 0 unspecified atom stereocenters. The van der Waals surface area contributed by atoms with Crippen LogP contribution >= 0.6 is 0 Å². The number of carbonyl (C=O) groups excluding carboxylic acids is 1. The van der Waals surface area contributed by atoms with Crippen molar-refractivity contribution >= 4 is 5.91 Å². The quantitative estimate of drug-likeness (QED) is 0.505. The van der Waals surface area contributed by atoms with Gasteiger partial charge >= 0.3 is 0 Å². The summed E-state index contributed by atoms with van der Waals surface area (Å²) in [5, 5.41) is 7.88. The van der Waals surface area contributed by atoms with E-state index in [0.29, 0.717) is 6.61 Å². The van der Waals surface area contributed by atoms with Gasteiger partial charge in [-0.2, -0.15) is 0 Å². The Bertz CT molecular complexity index is 48.4. The maximum absolute atomic E-state index is 9.22. The maximum atomic E-state index is 9.22. The van der Waals surface area contributed by atoms with Crippen molar-refractivity contribution in [1.82, 2.24) is 0 Å². The summed E-state index contributed by atoms with van der Waals surface area (Å²) >= 11 is 0. The molecule has 0 rings (SSSR count). The molecule has 0 spiro atoms. The van der Waals surface area contributed by atoms with Crippen LogP contribution in [0.3, 0.4) is 0 Å². The molecule has 0 aromatic rings. The predicted molar refractivity (Wildman–Crippen MR) is 32.2 cm³/mol. The van der Waals surface area contributed by atoms with E-state index >= 15 is 0 Å². The first-order chi connectivity index (χ1) is 3.65. The number of nitrogens with two attached hydrogens (primary N) is 1. The third-order valence-electron chi connectivity index (χ3n) is 0.224. The second-order valence-electron chi connectivity index (χ2n) is 1.33. The number of aliphatic hydroxyl groups excluding tert-OH is 1. The minimum Gasteiger partial charge on any atom is -0.396 e. The van der Waals surface area contributed by atoms with E-state index in [9.17, 15) is 4.79 Å². The normalized spacial score (nSPS) is 6.88. The summed E-state index contributed by atoms with van der Waals surface area (Å²) in [6, 6.07) is 0. The number of hydrogen-bond acceptors (Lipinski definition) is 2. The lowest BCUT2D eigenvalue weighted by Gasteiger charge is -1.69. The van der Waals surface area contributed by atoms with Gasteiger partial charge in [-0.25, -0.2) is 0 Å². The van der Waals surface area contributed by atoms with Crippen molar-refractivity contribution in [3.8, 4) is 0 Å². The molecule has 3 nitrogen and oxygen atoms in total. The molecule has 0 saturated heterocycles. The van der Waals surface area contributed by atoms with Crippen LogP contribution in [-0.2, 0) is 4.79 Å². The van der Waals surface area contributed by atoms with Crippen LogP contribution in [0.25, 0.3) is 0 Å². The summed E-state index contributed by atoms with van der Waals surface area (Å²) in [6.45, 7) is 3.56. The Morgan fingerprint density at radius 1 is 1.75 bits per heavy atom. The average molecular weight is 119 g/mol.